The first kappa shape index (κ1) is 17.4. The maximum absolute atomic E-state index is 12.9. The van der Waals surface area contributed by atoms with Gasteiger partial charge >= 0.3 is 0 Å². The van der Waals surface area contributed by atoms with Crippen LogP contribution in [0.3, 0.4) is 0 Å². The van der Waals surface area contributed by atoms with Gasteiger partial charge in [0.25, 0.3) is 0 Å². The molecule has 0 aliphatic carbocycles. The van der Waals surface area contributed by atoms with E-state index in [1.54, 1.807) is 6.20 Å². The smallest absolute Gasteiger partial charge is 0.228 e. The van der Waals surface area contributed by atoms with Crippen LogP contribution in [0.5, 0.6) is 0 Å². The first-order chi connectivity index (χ1) is 14.3. The van der Waals surface area contributed by atoms with E-state index in [-0.39, 0.29) is 5.91 Å². The average Bonchev–Trinajstić information content (AvgIpc) is 3.18. The van der Waals surface area contributed by atoms with Crippen molar-refractivity contribution in [1.29, 1.82) is 0 Å². The van der Waals surface area contributed by atoms with E-state index in [1.807, 2.05) is 48.5 Å². The van der Waals surface area contributed by atoms with Crippen molar-refractivity contribution >= 4 is 33.9 Å². The number of carbonyl (C=O) groups is 1. The molecule has 4 aromatic rings. The monoisotopic (exact) mass is 379 g/mol. The van der Waals surface area contributed by atoms with Crippen molar-refractivity contribution in [2.45, 2.75) is 12.8 Å². The minimum absolute atomic E-state index is 0.0388. The zero-order chi connectivity index (χ0) is 19.6. The van der Waals surface area contributed by atoms with E-state index in [0.29, 0.717) is 6.42 Å². The molecule has 3 aromatic carbocycles. The Bertz CT molecular complexity index is 1200. The zero-order valence-corrected chi connectivity index (χ0v) is 16.0. The van der Waals surface area contributed by atoms with Crippen LogP contribution in [0.25, 0.3) is 10.9 Å². The molecule has 29 heavy (non-hydrogen) atoms. The second-order valence-electron chi connectivity index (χ2n) is 7.26. The van der Waals surface area contributed by atoms with Crippen molar-refractivity contribution in [2.24, 2.45) is 0 Å². The van der Waals surface area contributed by atoms with Crippen molar-refractivity contribution in [3.05, 3.63) is 96.2 Å². The fourth-order valence-corrected chi connectivity index (χ4v) is 4.08. The molecule has 0 saturated heterocycles. The molecule has 0 bridgehead atoms. The number of aromatic nitrogens is 1. The van der Waals surface area contributed by atoms with Crippen LogP contribution in [0, 0.1) is 0 Å². The first-order valence-corrected chi connectivity index (χ1v) is 9.86. The molecule has 2 heterocycles. The highest BCUT2D eigenvalue weighted by Crippen LogP contribution is 2.38. The van der Waals surface area contributed by atoms with Gasteiger partial charge in [0.15, 0.2) is 0 Å². The summed E-state index contributed by atoms with van der Waals surface area (Å²) < 4.78 is 0. The number of nitrogens with zero attached hydrogens (tertiary/aromatic N) is 2. The lowest BCUT2D eigenvalue weighted by Gasteiger charge is -2.23. The maximum Gasteiger partial charge on any atom is 0.228 e. The molecular weight excluding hydrogens is 358 g/mol. The molecule has 0 radical (unpaired) electrons. The second kappa shape index (κ2) is 7.40. The van der Waals surface area contributed by atoms with Crippen LogP contribution in [0.4, 0.5) is 17.1 Å². The van der Waals surface area contributed by atoms with E-state index in [0.717, 1.165) is 40.8 Å². The summed E-state index contributed by atoms with van der Waals surface area (Å²) in [4.78, 5) is 19.6. The van der Waals surface area contributed by atoms with Gasteiger partial charge in [-0.2, -0.15) is 0 Å². The standard InChI is InChI=1S/C25H21N3O/c29-24(17-20-9-5-8-19-10-6-15-26-25(19)20)27-21-11-2-4-13-23(21)28-16-14-18-7-1-3-12-22(18)28/h1-13,15H,14,16-17H2,(H,27,29). The molecule has 4 nitrogen and oxygen atoms in total. The summed E-state index contributed by atoms with van der Waals surface area (Å²) in [5.41, 5.74) is 6.24. The van der Waals surface area contributed by atoms with E-state index in [4.69, 9.17) is 0 Å². The molecule has 1 aromatic heterocycles. The van der Waals surface area contributed by atoms with Gasteiger partial charge < -0.3 is 10.2 Å². The number of fused-ring (bicyclic) bond motifs is 2. The van der Waals surface area contributed by atoms with Crippen LogP contribution in [0.2, 0.25) is 0 Å². The number of carbonyl (C=O) groups excluding carboxylic acids is 1. The summed E-state index contributed by atoms with van der Waals surface area (Å²) >= 11 is 0. The van der Waals surface area contributed by atoms with Gasteiger partial charge in [-0.25, -0.2) is 0 Å². The number of hydrogen-bond donors (Lipinski definition) is 1. The predicted molar refractivity (Wildman–Crippen MR) is 118 cm³/mol. The Hall–Kier alpha value is -3.66. The molecule has 142 valence electrons. The Morgan fingerprint density at radius 3 is 2.62 bits per heavy atom. The van der Waals surface area contributed by atoms with E-state index >= 15 is 0 Å². The van der Waals surface area contributed by atoms with Crippen LogP contribution < -0.4 is 10.2 Å². The normalized spacial score (nSPS) is 12.8. The van der Waals surface area contributed by atoms with Crippen LogP contribution in [0.1, 0.15) is 11.1 Å². The molecule has 1 aliphatic rings. The first-order valence-electron chi connectivity index (χ1n) is 9.86. The van der Waals surface area contributed by atoms with Gasteiger partial charge in [0.2, 0.25) is 5.91 Å². The Balaban J connectivity index is 1.41. The summed E-state index contributed by atoms with van der Waals surface area (Å²) in [7, 11) is 0. The van der Waals surface area contributed by atoms with Crippen molar-refractivity contribution in [2.75, 3.05) is 16.8 Å². The number of amides is 1. The van der Waals surface area contributed by atoms with Crippen molar-refractivity contribution in [3.63, 3.8) is 0 Å². The lowest BCUT2D eigenvalue weighted by atomic mass is 10.1. The lowest BCUT2D eigenvalue weighted by molar-refractivity contribution is -0.115. The third kappa shape index (κ3) is 3.34. The van der Waals surface area contributed by atoms with Gasteiger partial charge in [0, 0.05) is 23.8 Å². The van der Waals surface area contributed by atoms with Crippen molar-refractivity contribution in [1.82, 2.24) is 4.98 Å². The highest BCUT2D eigenvalue weighted by molar-refractivity contribution is 5.98. The number of anilines is 3. The zero-order valence-electron chi connectivity index (χ0n) is 16.0. The number of rotatable bonds is 4. The molecule has 0 atom stereocenters. The number of hydrogen-bond acceptors (Lipinski definition) is 3. The number of nitrogens with one attached hydrogen (secondary N) is 1. The Morgan fingerprint density at radius 1 is 0.897 bits per heavy atom. The molecule has 0 fully saturated rings. The molecule has 0 saturated carbocycles. The van der Waals surface area contributed by atoms with Gasteiger partial charge in [0.1, 0.15) is 0 Å². The van der Waals surface area contributed by atoms with Gasteiger partial charge in [-0.05, 0) is 41.8 Å². The van der Waals surface area contributed by atoms with Crippen molar-refractivity contribution in [3.8, 4) is 0 Å². The van der Waals surface area contributed by atoms with E-state index in [2.05, 4.69) is 45.5 Å². The van der Waals surface area contributed by atoms with E-state index in [1.165, 1.54) is 11.3 Å². The lowest BCUT2D eigenvalue weighted by Crippen LogP contribution is -2.19. The summed E-state index contributed by atoms with van der Waals surface area (Å²) in [6.45, 7) is 0.916. The fraction of sp³-hybridized carbons (Fsp3) is 0.120. The van der Waals surface area contributed by atoms with Crippen LogP contribution in [0.15, 0.2) is 85.1 Å². The minimum Gasteiger partial charge on any atom is -0.339 e. The van der Waals surface area contributed by atoms with Crippen LogP contribution in [-0.4, -0.2) is 17.4 Å². The second-order valence-corrected chi connectivity index (χ2v) is 7.26. The molecule has 0 unspecified atom stereocenters. The molecule has 1 amide bonds. The summed E-state index contributed by atoms with van der Waals surface area (Å²) in [5, 5.41) is 4.17. The Kier molecular flexibility index (Phi) is 4.45. The summed E-state index contributed by atoms with van der Waals surface area (Å²) in [6, 6.07) is 26.4. The Morgan fingerprint density at radius 2 is 1.69 bits per heavy atom. The quantitative estimate of drug-likeness (QED) is 0.536. The molecule has 4 heteroatoms. The SMILES string of the molecule is O=C(Cc1cccc2cccnc12)Nc1ccccc1N1CCc2ccccc21. The van der Waals surface area contributed by atoms with Gasteiger partial charge in [0.05, 0.1) is 23.3 Å². The largest absolute Gasteiger partial charge is 0.339 e. The van der Waals surface area contributed by atoms with E-state index < -0.39 is 0 Å². The van der Waals surface area contributed by atoms with Gasteiger partial charge in [-0.1, -0.05) is 54.6 Å². The molecular formula is C25H21N3O. The predicted octanol–water partition coefficient (Wildman–Crippen LogP) is 5.11. The van der Waals surface area contributed by atoms with Gasteiger partial charge in [-0.3, -0.25) is 9.78 Å². The molecule has 1 aliphatic heterocycles. The topological polar surface area (TPSA) is 45.2 Å². The highest BCUT2D eigenvalue weighted by Gasteiger charge is 2.22. The average molecular weight is 379 g/mol. The molecule has 0 spiro atoms. The van der Waals surface area contributed by atoms with Gasteiger partial charge in [-0.15, -0.1) is 0 Å². The molecule has 5 rings (SSSR count). The third-order valence-corrected chi connectivity index (χ3v) is 5.42. The minimum atomic E-state index is -0.0388. The highest BCUT2D eigenvalue weighted by atomic mass is 16.1. The third-order valence-electron chi connectivity index (χ3n) is 5.42. The number of benzene rings is 3. The summed E-state index contributed by atoms with van der Waals surface area (Å²) in [6.07, 6.45) is 3.07. The summed E-state index contributed by atoms with van der Waals surface area (Å²) in [5.74, 6) is -0.0388. The maximum atomic E-state index is 12.9. The fourth-order valence-electron chi connectivity index (χ4n) is 4.08. The molecule has 1 N–H and O–H groups in total. The van der Waals surface area contributed by atoms with Crippen LogP contribution >= 0.6 is 0 Å². The number of pyridine rings is 1. The van der Waals surface area contributed by atoms with Crippen molar-refractivity contribution < 1.29 is 4.79 Å². The van der Waals surface area contributed by atoms with E-state index in [9.17, 15) is 4.79 Å². The Labute approximate surface area is 169 Å². The number of para-hydroxylation sites is 4. The van der Waals surface area contributed by atoms with Crippen LogP contribution in [-0.2, 0) is 17.6 Å².